The quantitative estimate of drug-likeness (QED) is 0.894. The fourth-order valence-electron chi connectivity index (χ4n) is 2.31. The summed E-state index contributed by atoms with van der Waals surface area (Å²) in [6, 6.07) is 0. The van der Waals surface area contributed by atoms with Crippen LogP contribution >= 0.6 is 11.8 Å². The third-order valence-corrected chi connectivity index (χ3v) is 3.87. The molecule has 0 bridgehead atoms. The predicted octanol–water partition coefficient (Wildman–Crippen LogP) is 1.63. The number of H-pyrrole nitrogens is 1. The highest BCUT2D eigenvalue weighted by Crippen LogP contribution is 2.27. The number of rotatable bonds is 3. The van der Waals surface area contributed by atoms with Gasteiger partial charge in [-0.25, -0.2) is 4.98 Å². The van der Waals surface area contributed by atoms with Crippen molar-refractivity contribution in [3.05, 3.63) is 17.2 Å². The average molecular weight is 307 g/mol. The van der Waals surface area contributed by atoms with Crippen molar-refractivity contribution in [3.8, 4) is 11.7 Å². The van der Waals surface area contributed by atoms with Gasteiger partial charge in [-0.1, -0.05) is 19.0 Å². The van der Waals surface area contributed by atoms with Gasteiger partial charge >= 0.3 is 0 Å². The van der Waals surface area contributed by atoms with Crippen molar-refractivity contribution in [2.24, 2.45) is 5.41 Å². The molecule has 1 aliphatic heterocycles. The van der Waals surface area contributed by atoms with E-state index in [1.165, 1.54) is 0 Å². The Bertz CT molecular complexity index is 676. The lowest BCUT2D eigenvalue weighted by Crippen LogP contribution is -2.32. The van der Waals surface area contributed by atoms with Gasteiger partial charge in [0.25, 0.3) is 11.8 Å². The van der Waals surface area contributed by atoms with Crippen LogP contribution in [0, 0.1) is 5.41 Å². The highest BCUT2D eigenvalue weighted by Gasteiger charge is 2.30. The summed E-state index contributed by atoms with van der Waals surface area (Å²) in [4.78, 5) is 23.8. The van der Waals surface area contributed by atoms with Crippen molar-refractivity contribution in [1.29, 1.82) is 0 Å². The van der Waals surface area contributed by atoms with Crippen molar-refractivity contribution in [2.75, 3.05) is 12.8 Å². The zero-order valence-electron chi connectivity index (χ0n) is 12.2. The molecule has 2 N–H and O–H groups in total. The Kier molecular flexibility index (Phi) is 3.48. The lowest BCUT2D eigenvalue weighted by Gasteiger charge is -2.21. The third-order valence-electron chi connectivity index (χ3n) is 3.32. The van der Waals surface area contributed by atoms with E-state index in [9.17, 15) is 4.79 Å². The summed E-state index contributed by atoms with van der Waals surface area (Å²) in [6.45, 7) is 4.84. The standard InChI is InChI=1S/C13H17N5O2S/c1-13(2)4-7-9(11(19)14-6-13)17-10(15-7)12-16-8(5-21-3)18-20-12/h4-6H2,1-3H3,(H,14,19)(H,15,17). The number of thioether (sulfide) groups is 1. The van der Waals surface area contributed by atoms with E-state index in [0.29, 0.717) is 35.5 Å². The predicted molar refractivity (Wildman–Crippen MR) is 78.9 cm³/mol. The molecule has 0 unspecified atom stereocenters. The van der Waals surface area contributed by atoms with E-state index in [4.69, 9.17) is 4.52 Å². The summed E-state index contributed by atoms with van der Waals surface area (Å²) < 4.78 is 5.20. The van der Waals surface area contributed by atoms with Crippen LogP contribution in [0.3, 0.4) is 0 Å². The van der Waals surface area contributed by atoms with Gasteiger partial charge in [-0.15, -0.1) is 0 Å². The van der Waals surface area contributed by atoms with Crippen LogP contribution < -0.4 is 5.32 Å². The van der Waals surface area contributed by atoms with Crippen LogP contribution in [-0.4, -0.2) is 38.8 Å². The number of hydrogen-bond acceptors (Lipinski definition) is 6. The Morgan fingerprint density at radius 1 is 1.38 bits per heavy atom. The van der Waals surface area contributed by atoms with E-state index in [1.807, 2.05) is 6.26 Å². The minimum Gasteiger partial charge on any atom is -0.350 e. The topological polar surface area (TPSA) is 96.7 Å². The second kappa shape index (κ2) is 5.18. The van der Waals surface area contributed by atoms with Crippen LogP contribution in [0.25, 0.3) is 11.7 Å². The molecule has 0 radical (unpaired) electrons. The van der Waals surface area contributed by atoms with Gasteiger partial charge in [0.15, 0.2) is 11.6 Å². The van der Waals surface area contributed by atoms with Crippen LogP contribution in [-0.2, 0) is 12.2 Å². The summed E-state index contributed by atoms with van der Waals surface area (Å²) in [6.07, 6.45) is 2.71. The minimum absolute atomic E-state index is 0.0242. The second-order valence-electron chi connectivity index (χ2n) is 5.89. The van der Waals surface area contributed by atoms with Gasteiger partial charge in [-0.2, -0.15) is 16.7 Å². The first-order chi connectivity index (χ1) is 9.98. The molecule has 0 spiro atoms. The van der Waals surface area contributed by atoms with Gasteiger partial charge in [0.2, 0.25) is 0 Å². The van der Waals surface area contributed by atoms with Crippen LogP contribution in [0.4, 0.5) is 0 Å². The van der Waals surface area contributed by atoms with Crippen molar-refractivity contribution in [1.82, 2.24) is 25.4 Å². The van der Waals surface area contributed by atoms with E-state index in [1.54, 1.807) is 11.8 Å². The number of carbonyl (C=O) groups excluding carboxylic acids is 1. The molecule has 3 rings (SSSR count). The Morgan fingerprint density at radius 3 is 2.95 bits per heavy atom. The van der Waals surface area contributed by atoms with E-state index in [2.05, 4.69) is 39.3 Å². The van der Waals surface area contributed by atoms with E-state index >= 15 is 0 Å². The number of nitrogens with zero attached hydrogens (tertiary/aromatic N) is 3. The van der Waals surface area contributed by atoms with Crippen LogP contribution in [0.2, 0.25) is 0 Å². The fourth-order valence-corrected chi connectivity index (χ4v) is 2.68. The molecule has 0 aliphatic carbocycles. The summed E-state index contributed by atoms with van der Waals surface area (Å²) in [7, 11) is 0. The first-order valence-corrected chi connectivity index (χ1v) is 8.07. The lowest BCUT2D eigenvalue weighted by atomic mass is 9.88. The molecule has 0 atom stereocenters. The number of imidazole rings is 1. The Hall–Kier alpha value is -1.83. The van der Waals surface area contributed by atoms with Gasteiger partial charge in [0.1, 0.15) is 5.69 Å². The molecule has 1 amide bonds. The molecular formula is C13H17N5O2S. The number of nitrogens with one attached hydrogen (secondary N) is 2. The number of aromatic amines is 1. The molecule has 3 heterocycles. The van der Waals surface area contributed by atoms with Crippen molar-refractivity contribution in [2.45, 2.75) is 26.0 Å². The molecule has 1 aliphatic rings. The van der Waals surface area contributed by atoms with E-state index in [0.717, 1.165) is 12.1 Å². The Labute approximate surface area is 126 Å². The maximum absolute atomic E-state index is 12.1. The van der Waals surface area contributed by atoms with Crippen molar-refractivity contribution >= 4 is 17.7 Å². The van der Waals surface area contributed by atoms with Gasteiger partial charge in [-0.3, -0.25) is 4.79 Å². The Morgan fingerprint density at radius 2 is 2.19 bits per heavy atom. The van der Waals surface area contributed by atoms with Gasteiger partial charge in [-0.05, 0) is 18.1 Å². The maximum atomic E-state index is 12.1. The van der Waals surface area contributed by atoms with Crippen LogP contribution in [0.1, 0.15) is 35.9 Å². The van der Waals surface area contributed by atoms with Crippen LogP contribution in [0.5, 0.6) is 0 Å². The van der Waals surface area contributed by atoms with Crippen molar-refractivity contribution in [3.63, 3.8) is 0 Å². The van der Waals surface area contributed by atoms with Gasteiger partial charge < -0.3 is 14.8 Å². The maximum Gasteiger partial charge on any atom is 0.293 e. The van der Waals surface area contributed by atoms with Gasteiger partial charge in [0, 0.05) is 12.2 Å². The van der Waals surface area contributed by atoms with Gasteiger partial charge in [0.05, 0.1) is 5.75 Å². The summed E-state index contributed by atoms with van der Waals surface area (Å²) >= 11 is 1.61. The largest absolute Gasteiger partial charge is 0.350 e. The molecule has 0 fully saturated rings. The first kappa shape index (κ1) is 14.1. The van der Waals surface area contributed by atoms with E-state index < -0.39 is 0 Å². The average Bonchev–Trinajstić information content (AvgIpc) is 3.01. The summed E-state index contributed by atoms with van der Waals surface area (Å²) in [5.41, 5.74) is 1.21. The lowest BCUT2D eigenvalue weighted by molar-refractivity contribution is 0.0940. The van der Waals surface area contributed by atoms with Crippen molar-refractivity contribution < 1.29 is 9.32 Å². The highest BCUT2D eigenvalue weighted by molar-refractivity contribution is 7.97. The fraction of sp³-hybridized carbons (Fsp3) is 0.538. The number of fused-ring (bicyclic) bond motifs is 1. The van der Waals surface area contributed by atoms with E-state index in [-0.39, 0.29) is 11.3 Å². The molecule has 8 heteroatoms. The number of carbonyl (C=O) groups is 1. The monoisotopic (exact) mass is 307 g/mol. The molecule has 7 nitrogen and oxygen atoms in total. The smallest absolute Gasteiger partial charge is 0.293 e. The molecular weight excluding hydrogens is 290 g/mol. The summed E-state index contributed by atoms with van der Waals surface area (Å²) in [5, 5.41) is 6.78. The third kappa shape index (κ3) is 2.80. The molecule has 2 aromatic rings. The Balaban J connectivity index is 1.95. The number of hydrogen-bond donors (Lipinski definition) is 2. The molecule has 0 saturated carbocycles. The SMILES string of the molecule is CSCc1noc(-c2nc3c([nH]2)CC(C)(C)CNC3=O)n1. The normalized spacial score (nSPS) is 17.2. The minimum atomic E-state index is -0.165. The number of aromatic nitrogens is 4. The second-order valence-corrected chi connectivity index (χ2v) is 6.75. The molecule has 112 valence electrons. The molecule has 0 saturated heterocycles. The first-order valence-electron chi connectivity index (χ1n) is 6.67. The van der Waals surface area contributed by atoms with Crippen LogP contribution in [0.15, 0.2) is 4.52 Å². The molecule has 21 heavy (non-hydrogen) atoms. The zero-order chi connectivity index (χ0) is 15.0. The summed E-state index contributed by atoms with van der Waals surface area (Å²) in [5.74, 6) is 1.90. The number of amides is 1. The molecule has 0 aromatic carbocycles. The zero-order valence-corrected chi connectivity index (χ0v) is 13.0. The molecule has 2 aromatic heterocycles. The highest BCUT2D eigenvalue weighted by atomic mass is 32.2.